The largest absolute Gasteiger partial charge is 0.378 e. The molecule has 1 aromatic carbocycles. The Morgan fingerprint density at radius 2 is 2.35 bits per heavy atom. The molecule has 0 aliphatic carbocycles. The third-order valence-electron chi connectivity index (χ3n) is 2.23. The van der Waals surface area contributed by atoms with E-state index in [2.05, 4.69) is 16.4 Å². The molecular formula is C12H10ClN3S. The molecule has 17 heavy (non-hydrogen) atoms. The van der Waals surface area contributed by atoms with Gasteiger partial charge in [-0.2, -0.15) is 5.26 Å². The minimum atomic E-state index is 0.546. The molecule has 0 fully saturated rings. The maximum Gasteiger partial charge on any atom is 0.101 e. The van der Waals surface area contributed by atoms with Crippen LogP contribution in [0.3, 0.4) is 0 Å². The lowest BCUT2D eigenvalue weighted by Crippen LogP contribution is -2.01. The molecule has 0 atom stereocenters. The van der Waals surface area contributed by atoms with Gasteiger partial charge in [0.1, 0.15) is 6.07 Å². The minimum Gasteiger partial charge on any atom is -0.378 e. The van der Waals surface area contributed by atoms with Gasteiger partial charge in [0.15, 0.2) is 0 Å². The first-order chi connectivity index (χ1) is 8.19. The SMILES string of the molecule is Cc1nc(CNc2ccc(Cl)cc2C#N)cs1. The molecule has 0 bridgehead atoms. The van der Waals surface area contributed by atoms with Gasteiger partial charge in [0.05, 0.1) is 28.5 Å². The fourth-order valence-corrected chi connectivity index (χ4v) is 2.22. The Labute approximate surface area is 109 Å². The van der Waals surface area contributed by atoms with E-state index in [1.165, 1.54) is 0 Å². The quantitative estimate of drug-likeness (QED) is 0.921. The monoisotopic (exact) mass is 263 g/mol. The van der Waals surface area contributed by atoms with Crippen LogP contribution in [0.2, 0.25) is 5.02 Å². The van der Waals surface area contributed by atoms with Crippen LogP contribution in [0.1, 0.15) is 16.3 Å². The van der Waals surface area contributed by atoms with Gasteiger partial charge in [0.2, 0.25) is 0 Å². The number of halogens is 1. The second kappa shape index (κ2) is 5.17. The molecule has 0 saturated heterocycles. The van der Waals surface area contributed by atoms with Crippen molar-refractivity contribution in [1.82, 2.24) is 4.98 Å². The van der Waals surface area contributed by atoms with E-state index in [1.807, 2.05) is 12.3 Å². The molecule has 5 heteroatoms. The van der Waals surface area contributed by atoms with Crippen molar-refractivity contribution in [2.45, 2.75) is 13.5 Å². The van der Waals surface area contributed by atoms with Gasteiger partial charge in [0.25, 0.3) is 0 Å². The molecule has 0 saturated carbocycles. The number of anilines is 1. The number of aromatic nitrogens is 1. The fraction of sp³-hybridized carbons (Fsp3) is 0.167. The van der Waals surface area contributed by atoms with Gasteiger partial charge in [-0.25, -0.2) is 4.98 Å². The Kier molecular flexibility index (Phi) is 3.62. The summed E-state index contributed by atoms with van der Waals surface area (Å²) >= 11 is 7.44. The molecule has 3 nitrogen and oxygen atoms in total. The summed E-state index contributed by atoms with van der Waals surface area (Å²) in [6.45, 7) is 2.58. The zero-order chi connectivity index (χ0) is 12.3. The summed E-state index contributed by atoms with van der Waals surface area (Å²) in [7, 11) is 0. The number of benzene rings is 1. The van der Waals surface area contributed by atoms with E-state index in [0.29, 0.717) is 17.1 Å². The Balaban J connectivity index is 2.12. The van der Waals surface area contributed by atoms with E-state index in [-0.39, 0.29) is 0 Å². The lowest BCUT2D eigenvalue weighted by Gasteiger charge is -2.06. The Morgan fingerprint density at radius 3 is 3.00 bits per heavy atom. The van der Waals surface area contributed by atoms with Crippen molar-refractivity contribution in [1.29, 1.82) is 5.26 Å². The van der Waals surface area contributed by atoms with Gasteiger partial charge in [-0.1, -0.05) is 11.6 Å². The molecule has 0 aliphatic rings. The highest BCUT2D eigenvalue weighted by Gasteiger charge is 2.03. The highest BCUT2D eigenvalue weighted by molar-refractivity contribution is 7.09. The van der Waals surface area contributed by atoms with Crippen molar-refractivity contribution in [3.8, 4) is 6.07 Å². The second-order valence-electron chi connectivity index (χ2n) is 3.51. The van der Waals surface area contributed by atoms with Crippen LogP contribution in [0.25, 0.3) is 0 Å². The number of hydrogen-bond acceptors (Lipinski definition) is 4. The lowest BCUT2D eigenvalue weighted by atomic mass is 10.2. The van der Waals surface area contributed by atoms with Gasteiger partial charge >= 0.3 is 0 Å². The van der Waals surface area contributed by atoms with Crippen LogP contribution >= 0.6 is 22.9 Å². The zero-order valence-electron chi connectivity index (χ0n) is 9.20. The van der Waals surface area contributed by atoms with Crippen LogP contribution in [0.15, 0.2) is 23.6 Å². The van der Waals surface area contributed by atoms with Crippen molar-refractivity contribution in [3.63, 3.8) is 0 Å². The third-order valence-corrected chi connectivity index (χ3v) is 3.29. The number of rotatable bonds is 3. The molecule has 0 unspecified atom stereocenters. The summed E-state index contributed by atoms with van der Waals surface area (Å²) in [6, 6.07) is 7.33. The number of hydrogen-bond donors (Lipinski definition) is 1. The van der Waals surface area contributed by atoms with E-state index in [1.54, 1.807) is 29.5 Å². The van der Waals surface area contributed by atoms with Crippen LogP contribution in [0.5, 0.6) is 0 Å². The summed E-state index contributed by atoms with van der Waals surface area (Å²) in [5.41, 5.74) is 2.30. The standard InChI is InChI=1S/C12H10ClN3S/c1-8-16-11(7-17-8)6-15-12-3-2-10(13)4-9(12)5-14/h2-4,7,15H,6H2,1H3. The topological polar surface area (TPSA) is 48.7 Å². The Bertz CT molecular complexity index is 571. The molecule has 2 aromatic rings. The first kappa shape index (κ1) is 11.9. The van der Waals surface area contributed by atoms with E-state index < -0.39 is 0 Å². The van der Waals surface area contributed by atoms with E-state index in [9.17, 15) is 0 Å². The van der Waals surface area contributed by atoms with Crippen LogP contribution < -0.4 is 5.32 Å². The van der Waals surface area contributed by atoms with Gasteiger partial charge in [0, 0.05) is 10.4 Å². The van der Waals surface area contributed by atoms with E-state index in [4.69, 9.17) is 16.9 Å². The van der Waals surface area contributed by atoms with Crippen molar-refractivity contribution >= 4 is 28.6 Å². The zero-order valence-corrected chi connectivity index (χ0v) is 10.8. The van der Waals surface area contributed by atoms with Gasteiger partial charge in [-0.3, -0.25) is 0 Å². The molecule has 0 aliphatic heterocycles. The molecule has 0 radical (unpaired) electrons. The maximum atomic E-state index is 8.98. The maximum absolute atomic E-state index is 8.98. The molecular weight excluding hydrogens is 254 g/mol. The smallest absolute Gasteiger partial charge is 0.101 e. The summed E-state index contributed by atoms with van der Waals surface area (Å²) in [4.78, 5) is 4.35. The predicted molar refractivity (Wildman–Crippen MR) is 70.3 cm³/mol. The number of thiazole rings is 1. The summed E-state index contributed by atoms with van der Waals surface area (Å²) in [6.07, 6.45) is 0. The summed E-state index contributed by atoms with van der Waals surface area (Å²) in [5, 5.41) is 15.8. The highest BCUT2D eigenvalue weighted by Crippen LogP contribution is 2.20. The van der Waals surface area contributed by atoms with Crippen molar-refractivity contribution in [2.24, 2.45) is 0 Å². The summed E-state index contributed by atoms with van der Waals surface area (Å²) in [5.74, 6) is 0. The van der Waals surface area contributed by atoms with Crippen LogP contribution in [-0.2, 0) is 6.54 Å². The first-order valence-electron chi connectivity index (χ1n) is 5.03. The van der Waals surface area contributed by atoms with Gasteiger partial charge < -0.3 is 5.32 Å². The molecule has 0 amide bonds. The molecule has 1 aromatic heterocycles. The average molecular weight is 264 g/mol. The highest BCUT2D eigenvalue weighted by atomic mass is 35.5. The van der Waals surface area contributed by atoms with Crippen LogP contribution in [0.4, 0.5) is 5.69 Å². The molecule has 2 rings (SSSR count). The normalized spacial score (nSPS) is 9.94. The minimum absolute atomic E-state index is 0.546. The summed E-state index contributed by atoms with van der Waals surface area (Å²) < 4.78 is 0. The van der Waals surface area contributed by atoms with Crippen molar-refractivity contribution < 1.29 is 0 Å². The number of nitrogens with one attached hydrogen (secondary N) is 1. The number of aryl methyl sites for hydroxylation is 1. The third kappa shape index (κ3) is 2.96. The second-order valence-corrected chi connectivity index (χ2v) is 5.01. The number of nitriles is 1. The van der Waals surface area contributed by atoms with E-state index >= 15 is 0 Å². The molecule has 1 heterocycles. The van der Waals surface area contributed by atoms with Crippen molar-refractivity contribution in [2.75, 3.05) is 5.32 Å². The molecule has 86 valence electrons. The first-order valence-corrected chi connectivity index (χ1v) is 6.29. The average Bonchev–Trinajstić information content (AvgIpc) is 2.73. The Morgan fingerprint density at radius 1 is 1.53 bits per heavy atom. The van der Waals surface area contributed by atoms with Gasteiger partial charge in [-0.05, 0) is 25.1 Å². The van der Waals surface area contributed by atoms with Crippen molar-refractivity contribution in [3.05, 3.63) is 44.9 Å². The molecule has 0 spiro atoms. The van der Waals surface area contributed by atoms with Crippen LogP contribution in [-0.4, -0.2) is 4.98 Å². The fourth-order valence-electron chi connectivity index (χ4n) is 1.44. The Hall–Kier alpha value is -1.57. The van der Waals surface area contributed by atoms with E-state index in [0.717, 1.165) is 16.4 Å². The van der Waals surface area contributed by atoms with Gasteiger partial charge in [-0.15, -0.1) is 11.3 Å². The van der Waals surface area contributed by atoms with Crippen LogP contribution in [0, 0.1) is 18.3 Å². The number of nitrogens with zero attached hydrogens (tertiary/aromatic N) is 2. The predicted octanol–water partition coefficient (Wildman–Crippen LogP) is 3.59. The molecule has 1 N–H and O–H groups in total. The lowest BCUT2D eigenvalue weighted by molar-refractivity contribution is 1.05.